The number of hydrogen-bond acceptors (Lipinski definition) is 4. The molecular formula is C14H16N2O2S. The van der Waals surface area contributed by atoms with E-state index >= 15 is 0 Å². The fourth-order valence-electron chi connectivity index (χ4n) is 1.89. The second-order valence-corrected chi connectivity index (χ2v) is 5.58. The average Bonchev–Trinajstić information content (AvgIpc) is 2.74. The zero-order valence-corrected chi connectivity index (χ0v) is 12.0. The molecule has 19 heavy (non-hydrogen) atoms. The lowest BCUT2D eigenvalue weighted by atomic mass is 10.1. The average molecular weight is 276 g/mol. The molecule has 0 radical (unpaired) electrons. The molecule has 2 rings (SSSR count). The number of nitrogens with zero attached hydrogens (tertiary/aromatic N) is 2. The first-order valence-corrected chi connectivity index (χ1v) is 6.81. The standard InChI is InChI=1S/C14H16N2O2S/c1-9-6-12(17)4-5-13(9)14(18)16(3)7-11-8-19-10(2)15-11/h4-6,8,17H,7H2,1-3H3. The molecule has 0 aliphatic heterocycles. The summed E-state index contributed by atoms with van der Waals surface area (Å²) in [6, 6.07) is 4.77. The first-order chi connectivity index (χ1) is 8.97. The number of carbonyl (C=O) groups is 1. The Kier molecular flexibility index (Phi) is 3.85. The summed E-state index contributed by atoms with van der Waals surface area (Å²) >= 11 is 1.58. The monoisotopic (exact) mass is 276 g/mol. The fraction of sp³-hybridized carbons (Fsp3) is 0.286. The van der Waals surface area contributed by atoms with Crippen LogP contribution in [0.25, 0.3) is 0 Å². The summed E-state index contributed by atoms with van der Waals surface area (Å²) in [4.78, 5) is 18.3. The minimum atomic E-state index is -0.0665. The van der Waals surface area contributed by atoms with Gasteiger partial charge in [-0.05, 0) is 37.6 Å². The van der Waals surface area contributed by atoms with Gasteiger partial charge >= 0.3 is 0 Å². The topological polar surface area (TPSA) is 53.4 Å². The van der Waals surface area contributed by atoms with Crippen molar-refractivity contribution in [1.29, 1.82) is 0 Å². The summed E-state index contributed by atoms with van der Waals surface area (Å²) < 4.78 is 0. The highest BCUT2D eigenvalue weighted by Gasteiger charge is 2.15. The van der Waals surface area contributed by atoms with Crippen LogP contribution in [0.15, 0.2) is 23.6 Å². The highest BCUT2D eigenvalue weighted by Crippen LogP contribution is 2.18. The summed E-state index contributed by atoms with van der Waals surface area (Å²) in [5.41, 5.74) is 2.27. The third-order valence-corrected chi connectivity index (χ3v) is 3.68. The number of benzene rings is 1. The van der Waals surface area contributed by atoms with Crippen molar-refractivity contribution in [2.75, 3.05) is 7.05 Å². The van der Waals surface area contributed by atoms with Gasteiger partial charge in [-0.2, -0.15) is 0 Å². The van der Waals surface area contributed by atoms with Crippen molar-refractivity contribution in [3.8, 4) is 5.75 Å². The quantitative estimate of drug-likeness (QED) is 0.937. The third-order valence-electron chi connectivity index (χ3n) is 2.85. The SMILES string of the molecule is Cc1nc(CN(C)C(=O)c2ccc(O)cc2C)cs1. The van der Waals surface area contributed by atoms with Crippen molar-refractivity contribution in [3.63, 3.8) is 0 Å². The zero-order chi connectivity index (χ0) is 14.0. The van der Waals surface area contributed by atoms with E-state index in [1.54, 1.807) is 35.4 Å². The number of phenols is 1. The highest BCUT2D eigenvalue weighted by atomic mass is 32.1. The molecule has 0 aliphatic rings. The van der Waals surface area contributed by atoms with Gasteiger partial charge in [-0.15, -0.1) is 11.3 Å². The van der Waals surface area contributed by atoms with Crippen LogP contribution >= 0.6 is 11.3 Å². The van der Waals surface area contributed by atoms with E-state index in [1.807, 2.05) is 19.2 Å². The van der Waals surface area contributed by atoms with Crippen molar-refractivity contribution in [2.45, 2.75) is 20.4 Å². The van der Waals surface area contributed by atoms with Gasteiger partial charge in [0, 0.05) is 18.0 Å². The Morgan fingerprint density at radius 1 is 1.42 bits per heavy atom. The Balaban J connectivity index is 2.14. The van der Waals surface area contributed by atoms with E-state index in [0.29, 0.717) is 12.1 Å². The molecular weight excluding hydrogens is 260 g/mol. The molecule has 4 nitrogen and oxygen atoms in total. The van der Waals surface area contributed by atoms with E-state index < -0.39 is 0 Å². The zero-order valence-electron chi connectivity index (χ0n) is 11.2. The van der Waals surface area contributed by atoms with Crippen molar-refractivity contribution in [1.82, 2.24) is 9.88 Å². The third kappa shape index (κ3) is 3.12. The molecule has 0 bridgehead atoms. The minimum Gasteiger partial charge on any atom is -0.508 e. The number of rotatable bonds is 3. The number of carbonyl (C=O) groups excluding carboxylic acids is 1. The Morgan fingerprint density at radius 3 is 2.74 bits per heavy atom. The molecule has 0 spiro atoms. The summed E-state index contributed by atoms with van der Waals surface area (Å²) in [6.07, 6.45) is 0. The minimum absolute atomic E-state index is 0.0665. The van der Waals surface area contributed by atoms with Crippen LogP contribution in [0.1, 0.15) is 26.6 Å². The van der Waals surface area contributed by atoms with Crippen LogP contribution in [0.3, 0.4) is 0 Å². The second kappa shape index (κ2) is 5.40. The molecule has 0 unspecified atom stereocenters. The number of thiazole rings is 1. The summed E-state index contributed by atoms with van der Waals surface area (Å²) in [5, 5.41) is 12.3. The second-order valence-electron chi connectivity index (χ2n) is 4.52. The molecule has 1 heterocycles. The van der Waals surface area contributed by atoms with Crippen molar-refractivity contribution < 1.29 is 9.90 Å². The number of aryl methyl sites for hydroxylation is 2. The van der Waals surface area contributed by atoms with Crippen molar-refractivity contribution in [2.24, 2.45) is 0 Å². The Labute approximate surface area is 116 Å². The summed E-state index contributed by atoms with van der Waals surface area (Å²) in [7, 11) is 1.75. The maximum Gasteiger partial charge on any atom is 0.254 e. The summed E-state index contributed by atoms with van der Waals surface area (Å²) in [5.74, 6) is 0.106. The van der Waals surface area contributed by atoms with E-state index in [9.17, 15) is 9.90 Å². The van der Waals surface area contributed by atoms with Gasteiger partial charge in [-0.25, -0.2) is 4.98 Å². The molecule has 0 saturated carbocycles. The van der Waals surface area contributed by atoms with Crippen LogP contribution in [0.5, 0.6) is 5.75 Å². The van der Waals surface area contributed by atoms with E-state index in [-0.39, 0.29) is 11.7 Å². The molecule has 1 N–H and O–H groups in total. The van der Waals surface area contributed by atoms with E-state index in [1.165, 1.54) is 6.07 Å². The normalized spacial score (nSPS) is 10.5. The number of phenolic OH excluding ortho intramolecular Hbond substituents is 1. The highest BCUT2D eigenvalue weighted by molar-refractivity contribution is 7.09. The summed E-state index contributed by atoms with van der Waals surface area (Å²) in [6.45, 7) is 4.25. The molecule has 0 aliphatic carbocycles. The maximum atomic E-state index is 12.3. The maximum absolute atomic E-state index is 12.3. The molecule has 2 aromatic rings. The van der Waals surface area contributed by atoms with Crippen LogP contribution in [-0.2, 0) is 6.54 Å². The first kappa shape index (κ1) is 13.5. The lowest BCUT2D eigenvalue weighted by molar-refractivity contribution is 0.0783. The largest absolute Gasteiger partial charge is 0.508 e. The smallest absolute Gasteiger partial charge is 0.254 e. The molecule has 1 aromatic carbocycles. The van der Waals surface area contributed by atoms with Crippen LogP contribution in [0, 0.1) is 13.8 Å². The number of aromatic hydroxyl groups is 1. The molecule has 0 fully saturated rings. The van der Waals surface area contributed by atoms with Gasteiger partial charge in [0.1, 0.15) is 5.75 Å². The van der Waals surface area contributed by atoms with E-state index in [2.05, 4.69) is 4.98 Å². The van der Waals surface area contributed by atoms with Crippen LogP contribution in [0.2, 0.25) is 0 Å². The van der Waals surface area contributed by atoms with Crippen LogP contribution < -0.4 is 0 Å². The van der Waals surface area contributed by atoms with Crippen molar-refractivity contribution >= 4 is 17.2 Å². The lowest BCUT2D eigenvalue weighted by Crippen LogP contribution is -2.27. The van der Waals surface area contributed by atoms with Crippen LogP contribution in [0.4, 0.5) is 0 Å². The number of aromatic nitrogens is 1. The number of amides is 1. The molecule has 0 saturated heterocycles. The van der Waals surface area contributed by atoms with Gasteiger partial charge < -0.3 is 10.0 Å². The Bertz CT molecular complexity index is 607. The van der Waals surface area contributed by atoms with Gasteiger partial charge in [0.05, 0.1) is 17.2 Å². The van der Waals surface area contributed by atoms with Gasteiger partial charge in [0.25, 0.3) is 5.91 Å². The first-order valence-electron chi connectivity index (χ1n) is 5.93. The number of hydrogen-bond donors (Lipinski definition) is 1. The van der Waals surface area contributed by atoms with Gasteiger partial charge in [0.15, 0.2) is 0 Å². The predicted octanol–water partition coefficient (Wildman–Crippen LogP) is 2.74. The lowest BCUT2D eigenvalue weighted by Gasteiger charge is -2.17. The van der Waals surface area contributed by atoms with Gasteiger partial charge in [-0.1, -0.05) is 0 Å². The molecule has 100 valence electrons. The fourth-order valence-corrected chi connectivity index (χ4v) is 2.49. The van der Waals surface area contributed by atoms with E-state index in [0.717, 1.165) is 16.3 Å². The van der Waals surface area contributed by atoms with E-state index in [4.69, 9.17) is 0 Å². The van der Waals surface area contributed by atoms with Gasteiger partial charge in [-0.3, -0.25) is 4.79 Å². The van der Waals surface area contributed by atoms with Gasteiger partial charge in [0.2, 0.25) is 0 Å². The molecule has 0 atom stereocenters. The Morgan fingerprint density at radius 2 is 2.16 bits per heavy atom. The van der Waals surface area contributed by atoms with Crippen LogP contribution in [-0.4, -0.2) is 27.9 Å². The molecule has 1 amide bonds. The molecule has 5 heteroatoms. The molecule has 1 aromatic heterocycles. The predicted molar refractivity (Wildman–Crippen MR) is 75.5 cm³/mol. The Hall–Kier alpha value is -1.88. The van der Waals surface area contributed by atoms with Crippen molar-refractivity contribution in [3.05, 3.63) is 45.4 Å².